The zero-order chi connectivity index (χ0) is 18.3. The van der Waals surface area contributed by atoms with Gasteiger partial charge in [-0.1, -0.05) is 18.2 Å². The summed E-state index contributed by atoms with van der Waals surface area (Å²) in [6, 6.07) is 7.79. The lowest BCUT2D eigenvalue weighted by Crippen LogP contribution is -2.44. The second kappa shape index (κ2) is 8.53. The maximum atomic E-state index is 10.7. The van der Waals surface area contributed by atoms with Crippen LogP contribution in [0.25, 0.3) is 0 Å². The highest BCUT2D eigenvalue weighted by Crippen LogP contribution is 2.19. The summed E-state index contributed by atoms with van der Waals surface area (Å²) in [5.41, 5.74) is 0.707. The molecule has 0 aliphatic heterocycles. The van der Waals surface area contributed by atoms with Crippen LogP contribution in [0.5, 0.6) is 5.75 Å². The molecule has 0 bridgehead atoms. The number of methoxy groups -OCH3 is 1. The van der Waals surface area contributed by atoms with Crippen molar-refractivity contribution in [3.05, 3.63) is 47.8 Å². The summed E-state index contributed by atoms with van der Waals surface area (Å²) >= 11 is 0. The van der Waals surface area contributed by atoms with E-state index in [4.69, 9.17) is 4.74 Å². The standard InChI is InChI=1S/C18H27N5O2/c1-5-19-17(20-10-14-8-6-7-9-16(14)25-4)21-13-18(2,24)15-11-22-23(3)12-15/h6-9,11-12,24H,5,10,13H2,1-4H3,(H2,19,20,21). The van der Waals surface area contributed by atoms with Crippen molar-refractivity contribution in [2.75, 3.05) is 20.2 Å². The van der Waals surface area contributed by atoms with E-state index < -0.39 is 5.60 Å². The van der Waals surface area contributed by atoms with Crippen LogP contribution in [0, 0.1) is 0 Å². The fourth-order valence-corrected chi connectivity index (χ4v) is 2.40. The number of benzene rings is 1. The number of nitrogens with zero attached hydrogens (tertiary/aromatic N) is 3. The number of aryl methyl sites for hydroxylation is 1. The average Bonchev–Trinajstić information content (AvgIpc) is 3.05. The molecule has 25 heavy (non-hydrogen) atoms. The Hall–Kier alpha value is -2.54. The van der Waals surface area contributed by atoms with Crippen molar-refractivity contribution < 1.29 is 9.84 Å². The third-order valence-corrected chi connectivity index (χ3v) is 3.87. The van der Waals surface area contributed by atoms with Crippen LogP contribution in [0.2, 0.25) is 0 Å². The molecule has 0 spiro atoms. The zero-order valence-corrected chi connectivity index (χ0v) is 15.3. The fraction of sp³-hybridized carbons (Fsp3) is 0.444. The van der Waals surface area contributed by atoms with Gasteiger partial charge in [0, 0.05) is 30.9 Å². The Morgan fingerprint density at radius 3 is 2.76 bits per heavy atom. The molecule has 0 fully saturated rings. The molecule has 1 aromatic heterocycles. The summed E-state index contributed by atoms with van der Waals surface area (Å²) in [5, 5.41) is 21.1. The number of guanidine groups is 1. The van der Waals surface area contributed by atoms with Gasteiger partial charge < -0.3 is 20.5 Å². The molecule has 3 N–H and O–H groups in total. The monoisotopic (exact) mass is 345 g/mol. The van der Waals surface area contributed by atoms with Crippen LogP contribution in [0.15, 0.2) is 41.7 Å². The first kappa shape index (κ1) is 18.8. The van der Waals surface area contributed by atoms with Crippen LogP contribution >= 0.6 is 0 Å². The first-order valence-electron chi connectivity index (χ1n) is 8.32. The van der Waals surface area contributed by atoms with E-state index >= 15 is 0 Å². The lowest BCUT2D eigenvalue weighted by molar-refractivity contribution is 0.0616. The van der Waals surface area contributed by atoms with Crippen molar-refractivity contribution >= 4 is 5.96 Å². The van der Waals surface area contributed by atoms with Crippen LogP contribution in [-0.4, -0.2) is 41.0 Å². The van der Waals surface area contributed by atoms with Crippen molar-refractivity contribution in [3.8, 4) is 5.75 Å². The molecule has 0 radical (unpaired) electrons. The highest BCUT2D eigenvalue weighted by Gasteiger charge is 2.25. The summed E-state index contributed by atoms with van der Waals surface area (Å²) in [6.07, 6.45) is 3.47. The number of aliphatic hydroxyl groups is 1. The summed E-state index contributed by atoms with van der Waals surface area (Å²) in [4.78, 5) is 4.58. The van der Waals surface area contributed by atoms with E-state index in [2.05, 4.69) is 20.7 Å². The van der Waals surface area contributed by atoms with E-state index in [1.807, 2.05) is 38.2 Å². The first-order chi connectivity index (χ1) is 12.0. The maximum absolute atomic E-state index is 10.7. The molecule has 0 aliphatic rings. The normalized spacial score (nSPS) is 14.0. The molecular formula is C18H27N5O2. The van der Waals surface area contributed by atoms with Gasteiger partial charge in [-0.15, -0.1) is 0 Å². The van der Waals surface area contributed by atoms with Gasteiger partial charge in [-0.05, 0) is 19.9 Å². The van der Waals surface area contributed by atoms with Gasteiger partial charge >= 0.3 is 0 Å². The number of hydrogen-bond acceptors (Lipinski definition) is 4. The highest BCUT2D eigenvalue weighted by molar-refractivity contribution is 5.79. The molecule has 0 aliphatic carbocycles. The molecule has 7 nitrogen and oxygen atoms in total. The Morgan fingerprint density at radius 2 is 2.12 bits per heavy atom. The SMILES string of the molecule is CCNC(=NCc1ccccc1OC)NCC(C)(O)c1cnn(C)c1. The molecule has 7 heteroatoms. The fourth-order valence-electron chi connectivity index (χ4n) is 2.40. The van der Waals surface area contributed by atoms with Crippen LogP contribution in [0.4, 0.5) is 0 Å². The highest BCUT2D eigenvalue weighted by atomic mass is 16.5. The minimum Gasteiger partial charge on any atom is -0.496 e. The van der Waals surface area contributed by atoms with Crippen LogP contribution in [0.1, 0.15) is 25.0 Å². The maximum Gasteiger partial charge on any atom is 0.191 e. The summed E-state index contributed by atoms with van der Waals surface area (Å²) in [5.74, 6) is 1.45. The van der Waals surface area contributed by atoms with Crippen molar-refractivity contribution in [2.24, 2.45) is 12.0 Å². The molecule has 2 rings (SSSR count). The average molecular weight is 345 g/mol. The number of para-hydroxylation sites is 1. The minimum absolute atomic E-state index is 0.316. The van der Waals surface area contributed by atoms with Crippen molar-refractivity contribution in [2.45, 2.75) is 26.0 Å². The molecule has 0 saturated carbocycles. The number of rotatable bonds is 7. The van der Waals surface area contributed by atoms with Gasteiger partial charge in [0.05, 0.1) is 26.4 Å². The Morgan fingerprint density at radius 1 is 1.36 bits per heavy atom. The van der Waals surface area contributed by atoms with Crippen LogP contribution < -0.4 is 15.4 Å². The van der Waals surface area contributed by atoms with Crippen molar-refractivity contribution in [1.82, 2.24) is 20.4 Å². The van der Waals surface area contributed by atoms with Crippen LogP contribution in [-0.2, 0) is 19.2 Å². The first-order valence-corrected chi connectivity index (χ1v) is 8.32. The van der Waals surface area contributed by atoms with E-state index in [9.17, 15) is 5.11 Å². The second-order valence-electron chi connectivity index (χ2n) is 6.04. The Kier molecular flexibility index (Phi) is 6.41. The number of aromatic nitrogens is 2. The van der Waals surface area contributed by atoms with Gasteiger partial charge in [-0.3, -0.25) is 4.68 Å². The quantitative estimate of drug-likeness (QED) is 0.522. The van der Waals surface area contributed by atoms with Gasteiger partial charge in [0.25, 0.3) is 0 Å². The molecule has 1 unspecified atom stereocenters. The van der Waals surface area contributed by atoms with E-state index in [0.29, 0.717) is 19.0 Å². The summed E-state index contributed by atoms with van der Waals surface area (Å²) in [6.45, 7) is 5.28. The molecule has 0 amide bonds. The Balaban J connectivity index is 2.04. The topological polar surface area (TPSA) is 83.7 Å². The molecule has 2 aromatic rings. The molecule has 1 aromatic carbocycles. The molecule has 136 valence electrons. The van der Waals surface area contributed by atoms with E-state index in [-0.39, 0.29) is 0 Å². The number of nitrogens with one attached hydrogen (secondary N) is 2. The molecule has 1 atom stereocenters. The largest absolute Gasteiger partial charge is 0.496 e. The van der Waals surface area contributed by atoms with Gasteiger partial charge in [0.2, 0.25) is 0 Å². The zero-order valence-electron chi connectivity index (χ0n) is 15.3. The van der Waals surface area contributed by atoms with Gasteiger partial charge in [0.15, 0.2) is 5.96 Å². The Bertz CT molecular complexity index is 709. The van der Waals surface area contributed by atoms with Crippen molar-refractivity contribution in [3.63, 3.8) is 0 Å². The lowest BCUT2D eigenvalue weighted by Gasteiger charge is -2.23. The van der Waals surface area contributed by atoms with E-state index in [0.717, 1.165) is 23.4 Å². The number of ether oxygens (including phenoxy) is 1. The predicted octanol–water partition coefficient (Wildman–Crippen LogP) is 1.39. The van der Waals surface area contributed by atoms with E-state index in [1.54, 1.807) is 31.1 Å². The van der Waals surface area contributed by atoms with Gasteiger partial charge in [-0.2, -0.15) is 5.10 Å². The van der Waals surface area contributed by atoms with Gasteiger partial charge in [-0.25, -0.2) is 4.99 Å². The van der Waals surface area contributed by atoms with Crippen LogP contribution in [0.3, 0.4) is 0 Å². The third-order valence-electron chi connectivity index (χ3n) is 3.87. The van der Waals surface area contributed by atoms with Crippen molar-refractivity contribution in [1.29, 1.82) is 0 Å². The smallest absolute Gasteiger partial charge is 0.191 e. The second-order valence-corrected chi connectivity index (χ2v) is 6.04. The third kappa shape index (κ3) is 5.22. The lowest BCUT2D eigenvalue weighted by atomic mass is 10.00. The summed E-state index contributed by atoms with van der Waals surface area (Å²) < 4.78 is 7.02. The summed E-state index contributed by atoms with van der Waals surface area (Å²) in [7, 11) is 3.48. The van der Waals surface area contributed by atoms with E-state index in [1.165, 1.54) is 0 Å². The number of hydrogen-bond donors (Lipinski definition) is 3. The molecule has 1 heterocycles. The molecule has 0 saturated heterocycles. The number of aliphatic imine (C=N–C) groups is 1. The van der Waals surface area contributed by atoms with Gasteiger partial charge in [0.1, 0.15) is 11.4 Å². The minimum atomic E-state index is -1.05. The Labute approximate surface area is 148 Å². The predicted molar refractivity (Wildman–Crippen MR) is 98.6 cm³/mol. The molecular weight excluding hydrogens is 318 g/mol.